The molecule has 0 radical (unpaired) electrons. The van der Waals surface area contributed by atoms with Crippen molar-refractivity contribution in [1.82, 2.24) is 9.78 Å². The summed E-state index contributed by atoms with van der Waals surface area (Å²) in [6.45, 7) is 1.89. The number of methoxy groups -OCH3 is 1. The number of nitrogens with zero attached hydrogens (tertiary/aromatic N) is 2. The van der Waals surface area contributed by atoms with Gasteiger partial charge in [-0.3, -0.25) is 0 Å². The molecule has 1 heterocycles. The van der Waals surface area contributed by atoms with Crippen LogP contribution in [0.15, 0.2) is 42.5 Å². The highest BCUT2D eigenvalue weighted by atomic mass is 35.5. The summed E-state index contributed by atoms with van der Waals surface area (Å²) in [5.41, 5.74) is 3.24. The topological polar surface area (TPSA) is 27.1 Å². The van der Waals surface area contributed by atoms with Gasteiger partial charge in [0.05, 0.1) is 17.8 Å². The number of hydrogen-bond donors (Lipinski definition) is 0. The second-order valence-corrected chi connectivity index (χ2v) is 6.26. The summed E-state index contributed by atoms with van der Waals surface area (Å²) >= 11 is 18.3. The average molecular weight is 368 g/mol. The number of rotatable bonds is 3. The van der Waals surface area contributed by atoms with Crippen LogP contribution in [0.3, 0.4) is 0 Å². The number of ether oxygens (including phenoxy) is 1. The first-order valence-electron chi connectivity index (χ1n) is 6.86. The predicted molar refractivity (Wildman–Crippen MR) is 95.3 cm³/mol. The third-order valence-corrected chi connectivity index (χ3v) is 4.25. The summed E-state index contributed by atoms with van der Waals surface area (Å²) in [7, 11) is 1.62. The van der Waals surface area contributed by atoms with E-state index < -0.39 is 0 Å². The first kappa shape index (κ1) is 16.2. The Morgan fingerprint density at radius 2 is 1.61 bits per heavy atom. The largest absolute Gasteiger partial charge is 0.492 e. The molecule has 0 fully saturated rings. The first-order valence-corrected chi connectivity index (χ1v) is 7.99. The van der Waals surface area contributed by atoms with Crippen molar-refractivity contribution in [3.05, 3.63) is 63.2 Å². The van der Waals surface area contributed by atoms with Crippen LogP contribution in [0.1, 0.15) is 5.69 Å². The van der Waals surface area contributed by atoms with E-state index in [-0.39, 0.29) is 0 Å². The number of aryl methyl sites for hydroxylation is 1. The van der Waals surface area contributed by atoms with E-state index in [4.69, 9.17) is 39.5 Å². The quantitative estimate of drug-likeness (QED) is 0.583. The Kier molecular flexibility index (Phi) is 4.53. The summed E-state index contributed by atoms with van der Waals surface area (Å²) in [5.74, 6) is 0.693. The molecule has 0 aliphatic rings. The van der Waals surface area contributed by atoms with Gasteiger partial charge in [0, 0.05) is 15.6 Å². The van der Waals surface area contributed by atoms with E-state index in [1.165, 1.54) is 0 Å². The summed E-state index contributed by atoms with van der Waals surface area (Å²) < 4.78 is 7.30. The van der Waals surface area contributed by atoms with E-state index in [0.717, 1.165) is 22.6 Å². The molecular formula is C17H13Cl3N2O. The smallest absolute Gasteiger partial charge is 0.168 e. The third kappa shape index (κ3) is 3.05. The van der Waals surface area contributed by atoms with Crippen LogP contribution < -0.4 is 4.74 Å². The molecule has 2 aromatic carbocycles. The van der Waals surface area contributed by atoms with Gasteiger partial charge in [-0.15, -0.1) is 0 Å². The van der Waals surface area contributed by atoms with Gasteiger partial charge >= 0.3 is 0 Å². The maximum absolute atomic E-state index is 6.35. The molecule has 3 rings (SSSR count). The second kappa shape index (κ2) is 6.44. The maximum atomic E-state index is 6.35. The normalized spacial score (nSPS) is 10.8. The average Bonchev–Trinajstić information content (AvgIpc) is 2.84. The minimum absolute atomic E-state index is 0.512. The van der Waals surface area contributed by atoms with Gasteiger partial charge in [0.25, 0.3) is 0 Å². The van der Waals surface area contributed by atoms with Crippen molar-refractivity contribution in [3.8, 4) is 22.7 Å². The van der Waals surface area contributed by atoms with Gasteiger partial charge < -0.3 is 4.74 Å². The fourth-order valence-electron chi connectivity index (χ4n) is 2.45. The van der Waals surface area contributed by atoms with Gasteiger partial charge in [-0.25, -0.2) is 4.68 Å². The van der Waals surface area contributed by atoms with Gasteiger partial charge in [-0.1, -0.05) is 46.9 Å². The molecule has 0 amide bonds. The van der Waals surface area contributed by atoms with Crippen LogP contribution in [0.5, 0.6) is 5.75 Å². The molecule has 0 atom stereocenters. The molecule has 0 saturated heterocycles. The molecule has 6 heteroatoms. The highest BCUT2D eigenvalue weighted by molar-refractivity contribution is 6.35. The minimum Gasteiger partial charge on any atom is -0.492 e. The molecule has 0 saturated carbocycles. The summed E-state index contributed by atoms with van der Waals surface area (Å²) in [5, 5.41) is 6.32. The molecule has 23 heavy (non-hydrogen) atoms. The molecule has 0 aliphatic heterocycles. The van der Waals surface area contributed by atoms with E-state index in [0.29, 0.717) is 20.8 Å². The van der Waals surface area contributed by atoms with E-state index in [2.05, 4.69) is 5.10 Å². The minimum atomic E-state index is 0.512. The molecule has 3 nitrogen and oxygen atoms in total. The number of benzene rings is 2. The van der Waals surface area contributed by atoms with Gasteiger partial charge in [0.2, 0.25) is 0 Å². The number of aromatic nitrogens is 2. The van der Waals surface area contributed by atoms with Gasteiger partial charge in [-0.05, 0) is 37.3 Å². The lowest BCUT2D eigenvalue weighted by molar-refractivity contribution is 0.413. The van der Waals surface area contributed by atoms with Crippen molar-refractivity contribution in [2.24, 2.45) is 0 Å². The molecule has 118 valence electrons. The van der Waals surface area contributed by atoms with Crippen LogP contribution in [0.25, 0.3) is 16.9 Å². The van der Waals surface area contributed by atoms with Crippen molar-refractivity contribution < 1.29 is 4.74 Å². The van der Waals surface area contributed by atoms with E-state index >= 15 is 0 Å². The van der Waals surface area contributed by atoms with Crippen molar-refractivity contribution in [3.63, 3.8) is 0 Å². The van der Waals surface area contributed by atoms with Gasteiger partial charge in [0.1, 0.15) is 11.4 Å². The lowest BCUT2D eigenvalue weighted by Gasteiger charge is -2.11. The molecule has 0 unspecified atom stereocenters. The zero-order chi connectivity index (χ0) is 16.6. The summed E-state index contributed by atoms with van der Waals surface area (Å²) in [6, 6.07) is 12.8. The van der Waals surface area contributed by atoms with Crippen LogP contribution in [-0.4, -0.2) is 16.9 Å². The van der Waals surface area contributed by atoms with E-state index in [9.17, 15) is 0 Å². The molecule has 0 N–H and O–H groups in total. The lowest BCUT2D eigenvalue weighted by Crippen LogP contribution is -2.00. The van der Waals surface area contributed by atoms with E-state index in [1.807, 2.05) is 37.3 Å². The SMILES string of the molecule is COc1c(C)nn(-c2ccc(Cl)cc2Cl)c1-c1ccc(Cl)cc1. The van der Waals surface area contributed by atoms with Crippen LogP contribution in [0.2, 0.25) is 15.1 Å². The summed E-state index contributed by atoms with van der Waals surface area (Å²) in [4.78, 5) is 0. The van der Waals surface area contributed by atoms with Gasteiger partial charge in [-0.2, -0.15) is 5.10 Å². The van der Waals surface area contributed by atoms with Crippen LogP contribution in [-0.2, 0) is 0 Å². The highest BCUT2D eigenvalue weighted by Crippen LogP contribution is 2.37. The maximum Gasteiger partial charge on any atom is 0.168 e. The van der Waals surface area contributed by atoms with Crippen LogP contribution in [0.4, 0.5) is 0 Å². The Bertz CT molecular complexity index is 857. The fraction of sp³-hybridized carbons (Fsp3) is 0.118. The Morgan fingerprint density at radius 3 is 2.22 bits per heavy atom. The zero-order valence-electron chi connectivity index (χ0n) is 12.5. The van der Waals surface area contributed by atoms with Crippen LogP contribution >= 0.6 is 34.8 Å². The number of halogens is 3. The lowest BCUT2D eigenvalue weighted by atomic mass is 10.1. The van der Waals surface area contributed by atoms with Crippen LogP contribution in [0, 0.1) is 6.92 Å². The third-order valence-electron chi connectivity index (χ3n) is 3.47. The van der Waals surface area contributed by atoms with Crippen molar-refractivity contribution in [2.45, 2.75) is 6.92 Å². The first-order chi connectivity index (χ1) is 11.0. The molecule has 0 aliphatic carbocycles. The Hall–Kier alpha value is -1.68. The fourth-order valence-corrected chi connectivity index (χ4v) is 3.06. The Labute approximate surface area is 149 Å². The van der Waals surface area contributed by atoms with Crippen molar-refractivity contribution in [1.29, 1.82) is 0 Å². The van der Waals surface area contributed by atoms with Gasteiger partial charge in [0.15, 0.2) is 5.75 Å². The van der Waals surface area contributed by atoms with Crippen molar-refractivity contribution in [2.75, 3.05) is 7.11 Å². The molecule has 1 aromatic heterocycles. The zero-order valence-corrected chi connectivity index (χ0v) is 14.7. The Balaban J connectivity index is 2.27. The Morgan fingerprint density at radius 1 is 0.957 bits per heavy atom. The van der Waals surface area contributed by atoms with E-state index in [1.54, 1.807) is 23.9 Å². The molecule has 3 aromatic rings. The van der Waals surface area contributed by atoms with Crippen molar-refractivity contribution >= 4 is 34.8 Å². The number of hydrogen-bond acceptors (Lipinski definition) is 2. The molecular weight excluding hydrogens is 355 g/mol. The second-order valence-electron chi connectivity index (χ2n) is 4.98. The monoisotopic (exact) mass is 366 g/mol. The standard InChI is InChI=1S/C17H13Cl3N2O/c1-10-17(23-2)16(11-3-5-12(18)6-4-11)22(21-10)15-8-7-13(19)9-14(15)20/h3-9H,1-2H3. The molecule has 0 bridgehead atoms. The molecule has 0 spiro atoms. The summed E-state index contributed by atoms with van der Waals surface area (Å²) in [6.07, 6.45) is 0. The highest BCUT2D eigenvalue weighted by Gasteiger charge is 2.20. The predicted octanol–water partition coefficient (Wildman–Crippen LogP) is 5.82.